The molecule has 0 bridgehead atoms. The first-order valence-corrected chi connectivity index (χ1v) is 4.65. The summed E-state index contributed by atoms with van der Waals surface area (Å²) >= 11 is 0. The van der Waals surface area contributed by atoms with Crippen molar-refractivity contribution in [1.29, 1.82) is 0 Å². The highest BCUT2D eigenvalue weighted by Crippen LogP contribution is 2.29. The van der Waals surface area contributed by atoms with Crippen molar-refractivity contribution in [3.05, 3.63) is 35.5 Å². The number of rotatable bonds is 2. The Kier molecular flexibility index (Phi) is 2.36. The van der Waals surface area contributed by atoms with Gasteiger partial charge in [-0.15, -0.1) is 0 Å². The van der Waals surface area contributed by atoms with Crippen LogP contribution >= 0.6 is 0 Å². The van der Waals surface area contributed by atoms with E-state index < -0.39 is 5.97 Å². The number of aromatic nitrogens is 1. The van der Waals surface area contributed by atoms with Crippen molar-refractivity contribution in [2.24, 2.45) is 0 Å². The van der Waals surface area contributed by atoms with Gasteiger partial charge in [0.05, 0.1) is 5.56 Å². The van der Waals surface area contributed by atoms with Gasteiger partial charge in [-0.25, -0.2) is 4.79 Å². The van der Waals surface area contributed by atoms with Gasteiger partial charge in [0.2, 0.25) is 11.6 Å². The van der Waals surface area contributed by atoms with Crippen molar-refractivity contribution in [3.63, 3.8) is 0 Å². The molecule has 2 rings (SSSR count). The standard InChI is InChI=1S/C11H10N2O3/c1-6-2-4-7(5-3-6)8-9(11(14)15)13-16-10(8)12/h2-5H,12H2,1H3,(H,14,15). The largest absolute Gasteiger partial charge is 0.476 e. The molecule has 0 amide bonds. The lowest BCUT2D eigenvalue weighted by atomic mass is 10.0. The van der Waals surface area contributed by atoms with Gasteiger partial charge in [-0.3, -0.25) is 0 Å². The highest BCUT2D eigenvalue weighted by Gasteiger charge is 2.20. The molecule has 1 heterocycles. The molecule has 0 aliphatic carbocycles. The van der Waals surface area contributed by atoms with E-state index in [0.29, 0.717) is 11.1 Å². The van der Waals surface area contributed by atoms with Crippen LogP contribution in [0.25, 0.3) is 11.1 Å². The summed E-state index contributed by atoms with van der Waals surface area (Å²) in [6, 6.07) is 7.30. The molecule has 0 saturated heterocycles. The molecule has 2 aromatic rings. The van der Waals surface area contributed by atoms with E-state index in [2.05, 4.69) is 9.68 Å². The molecular formula is C11H10N2O3. The van der Waals surface area contributed by atoms with Crippen LogP contribution < -0.4 is 5.73 Å². The van der Waals surface area contributed by atoms with E-state index in [1.165, 1.54) is 0 Å². The van der Waals surface area contributed by atoms with Gasteiger partial charge < -0.3 is 15.4 Å². The van der Waals surface area contributed by atoms with Gasteiger partial charge in [-0.05, 0) is 12.5 Å². The number of nitrogens with zero attached hydrogens (tertiary/aromatic N) is 1. The smallest absolute Gasteiger partial charge is 0.358 e. The molecule has 0 fully saturated rings. The molecule has 0 unspecified atom stereocenters. The Morgan fingerprint density at radius 1 is 1.38 bits per heavy atom. The van der Waals surface area contributed by atoms with Crippen LogP contribution in [0.2, 0.25) is 0 Å². The van der Waals surface area contributed by atoms with Gasteiger partial charge in [0.15, 0.2) is 0 Å². The monoisotopic (exact) mass is 218 g/mol. The zero-order valence-corrected chi connectivity index (χ0v) is 8.60. The van der Waals surface area contributed by atoms with E-state index in [4.69, 9.17) is 10.8 Å². The van der Waals surface area contributed by atoms with Crippen molar-refractivity contribution in [3.8, 4) is 11.1 Å². The lowest BCUT2D eigenvalue weighted by molar-refractivity contribution is 0.0686. The molecule has 82 valence electrons. The molecule has 0 radical (unpaired) electrons. The normalized spacial score (nSPS) is 10.3. The van der Waals surface area contributed by atoms with Crippen LogP contribution in [0.3, 0.4) is 0 Å². The number of carboxylic acid groups (broad SMARTS) is 1. The van der Waals surface area contributed by atoms with Crippen LogP contribution in [-0.4, -0.2) is 16.2 Å². The zero-order chi connectivity index (χ0) is 11.7. The van der Waals surface area contributed by atoms with Crippen molar-refractivity contribution >= 4 is 11.9 Å². The number of aryl methyl sites for hydroxylation is 1. The molecule has 0 aliphatic rings. The van der Waals surface area contributed by atoms with Crippen molar-refractivity contribution in [1.82, 2.24) is 5.16 Å². The Labute approximate surface area is 91.5 Å². The molecule has 1 aromatic heterocycles. The fraction of sp³-hybridized carbons (Fsp3) is 0.0909. The molecule has 0 aliphatic heterocycles. The first-order valence-electron chi connectivity index (χ1n) is 4.65. The summed E-state index contributed by atoms with van der Waals surface area (Å²) in [6.07, 6.45) is 0. The summed E-state index contributed by atoms with van der Waals surface area (Å²) in [6.45, 7) is 1.94. The quantitative estimate of drug-likeness (QED) is 0.803. The average Bonchev–Trinajstić information content (AvgIpc) is 2.62. The number of aromatic carboxylic acids is 1. The summed E-state index contributed by atoms with van der Waals surface area (Å²) in [4.78, 5) is 10.9. The Morgan fingerprint density at radius 3 is 2.56 bits per heavy atom. The van der Waals surface area contributed by atoms with E-state index in [-0.39, 0.29) is 11.6 Å². The Morgan fingerprint density at radius 2 is 2.00 bits per heavy atom. The van der Waals surface area contributed by atoms with Crippen molar-refractivity contribution < 1.29 is 14.4 Å². The average molecular weight is 218 g/mol. The molecule has 0 atom stereocenters. The summed E-state index contributed by atoms with van der Waals surface area (Å²) in [5.41, 5.74) is 7.48. The van der Waals surface area contributed by atoms with Crippen LogP contribution in [-0.2, 0) is 0 Å². The molecule has 5 nitrogen and oxygen atoms in total. The number of carboxylic acids is 1. The van der Waals surface area contributed by atoms with Gasteiger partial charge in [-0.1, -0.05) is 35.0 Å². The van der Waals surface area contributed by atoms with Gasteiger partial charge in [0, 0.05) is 0 Å². The maximum Gasteiger partial charge on any atom is 0.358 e. The van der Waals surface area contributed by atoms with Gasteiger partial charge >= 0.3 is 5.97 Å². The summed E-state index contributed by atoms with van der Waals surface area (Å²) in [7, 11) is 0. The fourth-order valence-electron chi connectivity index (χ4n) is 1.45. The Balaban J connectivity index is 2.58. The SMILES string of the molecule is Cc1ccc(-c2c(C(=O)O)noc2N)cc1. The number of nitrogen functional groups attached to an aromatic ring is 1. The zero-order valence-electron chi connectivity index (χ0n) is 8.60. The fourth-order valence-corrected chi connectivity index (χ4v) is 1.45. The molecular weight excluding hydrogens is 208 g/mol. The van der Waals surface area contributed by atoms with E-state index in [1.807, 2.05) is 19.1 Å². The van der Waals surface area contributed by atoms with Crippen LogP contribution in [0.15, 0.2) is 28.8 Å². The van der Waals surface area contributed by atoms with Crippen LogP contribution in [0.5, 0.6) is 0 Å². The van der Waals surface area contributed by atoms with Crippen LogP contribution in [0, 0.1) is 6.92 Å². The number of benzene rings is 1. The minimum absolute atomic E-state index is 0.0150. The maximum atomic E-state index is 10.9. The molecule has 0 saturated carbocycles. The third-order valence-corrected chi connectivity index (χ3v) is 2.26. The second-order valence-corrected chi connectivity index (χ2v) is 3.44. The maximum absolute atomic E-state index is 10.9. The molecule has 0 spiro atoms. The summed E-state index contributed by atoms with van der Waals surface area (Å²) in [5.74, 6) is -1.14. The molecule has 3 N–H and O–H groups in total. The highest BCUT2D eigenvalue weighted by atomic mass is 16.5. The van der Waals surface area contributed by atoms with Gasteiger partial charge in [-0.2, -0.15) is 0 Å². The molecule has 16 heavy (non-hydrogen) atoms. The number of anilines is 1. The molecule has 1 aromatic carbocycles. The summed E-state index contributed by atoms with van der Waals surface area (Å²) in [5, 5.41) is 12.3. The lowest BCUT2D eigenvalue weighted by Crippen LogP contribution is -1.99. The van der Waals surface area contributed by atoms with Crippen LogP contribution in [0.1, 0.15) is 16.1 Å². The second-order valence-electron chi connectivity index (χ2n) is 3.44. The summed E-state index contributed by atoms with van der Waals surface area (Å²) < 4.78 is 4.69. The predicted octanol–water partition coefficient (Wildman–Crippen LogP) is 1.93. The molecule has 5 heteroatoms. The Bertz CT molecular complexity index is 529. The highest BCUT2D eigenvalue weighted by molar-refractivity contribution is 5.96. The minimum Gasteiger partial charge on any atom is -0.476 e. The van der Waals surface area contributed by atoms with E-state index in [1.54, 1.807) is 12.1 Å². The minimum atomic E-state index is -1.16. The van der Waals surface area contributed by atoms with E-state index >= 15 is 0 Å². The second kappa shape index (κ2) is 3.69. The van der Waals surface area contributed by atoms with Crippen LogP contribution in [0.4, 0.5) is 5.88 Å². The Hall–Kier alpha value is -2.30. The first kappa shape index (κ1) is 10.2. The number of hydrogen-bond acceptors (Lipinski definition) is 4. The van der Waals surface area contributed by atoms with Gasteiger partial charge in [0.1, 0.15) is 0 Å². The topological polar surface area (TPSA) is 89.3 Å². The lowest BCUT2D eigenvalue weighted by Gasteiger charge is -2.00. The number of carbonyl (C=O) groups is 1. The third-order valence-electron chi connectivity index (χ3n) is 2.26. The van der Waals surface area contributed by atoms with Gasteiger partial charge in [0.25, 0.3) is 0 Å². The van der Waals surface area contributed by atoms with E-state index in [0.717, 1.165) is 5.56 Å². The number of hydrogen-bond donors (Lipinski definition) is 2. The first-order chi connectivity index (χ1) is 7.59. The predicted molar refractivity (Wildman–Crippen MR) is 58.0 cm³/mol. The third kappa shape index (κ3) is 1.63. The van der Waals surface area contributed by atoms with Crippen molar-refractivity contribution in [2.45, 2.75) is 6.92 Å². The van der Waals surface area contributed by atoms with E-state index in [9.17, 15) is 4.79 Å². The van der Waals surface area contributed by atoms with Crippen molar-refractivity contribution in [2.75, 3.05) is 5.73 Å². The number of nitrogens with two attached hydrogens (primary N) is 1.